The Hall–Kier alpha value is -1.85. The van der Waals surface area contributed by atoms with Crippen LogP contribution in [-0.4, -0.2) is 25.9 Å². The van der Waals surface area contributed by atoms with Crippen LogP contribution in [0.4, 0.5) is 5.82 Å². The highest BCUT2D eigenvalue weighted by atomic mass is 16.2. The molecular formula is C11H17N5O. The minimum Gasteiger partial charge on any atom is -0.366 e. The van der Waals surface area contributed by atoms with Crippen LogP contribution in [-0.2, 0) is 0 Å². The van der Waals surface area contributed by atoms with Gasteiger partial charge in [-0.25, -0.2) is 9.89 Å². The molecule has 0 saturated carbocycles. The Labute approximate surface area is 99.0 Å². The molecule has 6 nitrogen and oxygen atoms in total. The number of nitrogens with one attached hydrogen (secondary N) is 2. The maximum absolute atomic E-state index is 11.4. The van der Waals surface area contributed by atoms with E-state index >= 15 is 0 Å². The van der Waals surface area contributed by atoms with Crippen molar-refractivity contribution in [3.63, 3.8) is 0 Å². The Bertz CT molecular complexity index is 556. The van der Waals surface area contributed by atoms with Crippen LogP contribution in [0.5, 0.6) is 0 Å². The molecule has 0 bridgehead atoms. The van der Waals surface area contributed by atoms with E-state index in [1.54, 1.807) is 6.07 Å². The van der Waals surface area contributed by atoms with E-state index < -0.39 is 0 Å². The smallest absolute Gasteiger partial charge is 0.364 e. The van der Waals surface area contributed by atoms with E-state index in [0.717, 1.165) is 6.42 Å². The van der Waals surface area contributed by atoms with Gasteiger partial charge in [0.05, 0.1) is 0 Å². The van der Waals surface area contributed by atoms with Crippen LogP contribution in [0.25, 0.3) is 5.65 Å². The van der Waals surface area contributed by atoms with Gasteiger partial charge in [-0.05, 0) is 24.5 Å². The molecule has 0 spiro atoms. The number of aromatic nitrogens is 4. The Morgan fingerprint density at radius 1 is 1.47 bits per heavy atom. The number of fused-ring (bicyclic) bond motifs is 1. The average Bonchev–Trinajstić information content (AvgIpc) is 2.67. The van der Waals surface area contributed by atoms with E-state index in [0.29, 0.717) is 23.4 Å². The third-order valence-corrected chi connectivity index (χ3v) is 2.85. The normalized spacial score (nSPS) is 13.2. The average molecular weight is 235 g/mol. The molecule has 2 aromatic rings. The Kier molecular flexibility index (Phi) is 3.12. The van der Waals surface area contributed by atoms with Crippen LogP contribution in [0, 0.1) is 5.92 Å². The van der Waals surface area contributed by atoms with Crippen LogP contribution in [0.3, 0.4) is 0 Å². The van der Waals surface area contributed by atoms with Gasteiger partial charge in [0.25, 0.3) is 0 Å². The molecule has 1 atom stereocenters. The molecule has 0 aliphatic carbocycles. The van der Waals surface area contributed by atoms with Crippen molar-refractivity contribution in [1.82, 2.24) is 19.8 Å². The summed E-state index contributed by atoms with van der Waals surface area (Å²) in [5.74, 6) is 1.21. The summed E-state index contributed by atoms with van der Waals surface area (Å²) in [6.07, 6.45) is 1.01. The molecule has 0 aromatic carbocycles. The van der Waals surface area contributed by atoms with Gasteiger partial charge >= 0.3 is 5.69 Å². The molecule has 1 unspecified atom stereocenters. The number of H-pyrrole nitrogens is 1. The summed E-state index contributed by atoms with van der Waals surface area (Å²) in [5, 5.41) is 13.7. The van der Waals surface area contributed by atoms with Gasteiger partial charge in [0.1, 0.15) is 5.82 Å². The van der Waals surface area contributed by atoms with Crippen LogP contribution in [0.15, 0.2) is 16.9 Å². The first kappa shape index (κ1) is 11.6. The first-order chi connectivity index (χ1) is 8.11. The van der Waals surface area contributed by atoms with Gasteiger partial charge in [-0.2, -0.15) is 9.61 Å². The molecule has 0 saturated heterocycles. The topological polar surface area (TPSA) is 75.1 Å². The van der Waals surface area contributed by atoms with Gasteiger partial charge in [0.2, 0.25) is 0 Å². The van der Waals surface area contributed by atoms with Crippen molar-refractivity contribution >= 4 is 11.5 Å². The molecule has 2 N–H and O–H groups in total. The summed E-state index contributed by atoms with van der Waals surface area (Å²) >= 11 is 0. The molecular weight excluding hydrogens is 218 g/mol. The molecule has 6 heteroatoms. The van der Waals surface area contributed by atoms with Crippen molar-refractivity contribution in [2.24, 2.45) is 5.92 Å². The summed E-state index contributed by atoms with van der Waals surface area (Å²) in [6, 6.07) is 3.95. The van der Waals surface area contributed by atoms with E-state index in [-0.39, 0.29) is 5.69 Å². The quantitative estimate of drug-likeness (QED) is 0.836. The van der Waals surface area contributed by atoms with Crippen molar-refractivity contribution in [3.8, 4) is 0 Å². The minimum atomic E-state index is -0.318. The predicted octanol–water partition coefficient (Wildman–Crippen LogP) is 1.26. The number of hydrogen-bond acceptors (Lipinski definition) is 4. The standard InChI is InChI=1S/C11H17N5O/c1-4-8(7(2)3)12-9-5-6-10-13-14-11(17)16(10)15-9/h5-8H,4H2,1-3H3,(H,12,15)(H,14,17). The minimum absolute atomic E-state index is 0.318. The number of rotatable bonds is 4. The van der Waals surface area contributed by atoms with E-state index in [9.17, 15) is 4.79 Å². The summed E-state index contributed by atoms with van der Waals surface area (Å²) < 4.78 is 1.26. The van der Waals surface area contributed by atoms with Gasteiger partial charge in [-0.15, -0.1) is 5.10 Å². The highest BCUT2D eigenvalue weighted by molar-refractivity contribution is 5.43. The fourth-order valence-electron chi connectivity index (χ4n) is 1.81. The molecule has 2 heterocycles. The summed E-state index contributed by atoms with van der Waals surface area (Å²) in [7, 11) is 0. The molecule has 0 aliphatic rings. The lowest BCUT2D eigenvalue weighted by Gasteiger charge is -2.20. The first-order valence-corrected chi connectivity index (χ1v) is 5.82. The maximum Gasteiger partial charge on any atom is 0.364 e. The Morgan fingerprint density at radius 3 is 2.88 bits per heavy atom. The molecule has 0 aliphatic heterocycles. The van der Waals surface area contributed by atoms with Crippen molar-refractivity contribution in [2.75, 3.05) is 5.32 Å². The molecule has 0 amide bonds. The number of hydrogen-bond donors (Lipinski definition) is 2. The Balaban J connectivity index is 2.30. The van der Waals surface area contributed by atoms with Gasteiger partial charge in [0.15, 0.2) is 5.65 Å². The predicted molar refractivity (Wildman–Crippen MR) is 66.1 cm³/mol. The Morgan fingerprint density at radius 2 is 2.24 bits per heavy atom. The lowest BCUT2D eigenvalue weighted by atomic mass is 10.0. The highest BCUT2D eigenvalue weighted by Crippen LogP contribution is 2.12. The monoisotopic (exact) mass is 235 g/mol. The molecule has 17 heavy (non-hydrogen) atoms. The van der Waals surface area contributed by atoms with E-state index in [4.69, 9.17) is 0 Å². The zero-order chi connectivity index (χ0) is 12.4. The van der Waals surface area contributed by atoms with Crippen LogP contribution in [0.1, 0.15) is 27.2 Å². The molecule has 2 aromatic heterocycles. The van der Waals surface area contributed by atoms with Gasteiger partial charge in [-0.3, -0.25) is 0 Å². The number of aromatic amines is 1. The summed E-state index contributed by atoms with van der Waals surface area (Å²) in [5.41, 5.74) is 0.208. The maximum atomic E-state index is 11.4. The molecule has 0 fully saturated rings. The van der Waals surface area contributed by atoms with Crippen molar-refractivity contribution in [3.05, 3.63) is 22.6 Å². The third kappa shape index (κ3) is 2.30. The van der Waals surface area contributed by atoms with E-state index in [1.807, 2.05) is 6.07 Å². The SMILES string of the molecule is CCC(Nc1ccc2n[nH]c(=O)n2n1)C(C)C. The van der Waals surface area contributed by atoms with Crippen LogP contribution in [0.2, 0.25) is 0 Å². The van der Waals surface area contributed by atoms with E-state index in [2.05, 4.69) is 41.4 Å². The fourth-order valence-corrected chi connectivity index (χ4v) is 1.81. The highest BCUT2D eigenvalue weighted by Gasteiger charge is 2.12. The first-order valence-electron chi connectivity index (χ1n) is 5.82. The second-order valence-electron chi connectivity index (χ2n) is 4.42. The zero-order valence-corrected chi connectivity index (χ0v) is 10.3. The van der Waals surface area contributed by atoms with Crippen LogP contribution >= 0.6 is 0 Å². The number of anilines is 1. The second kappa shape index (κ2) is 4.57. The third-order valence-electron chi connectivity index (χ3n) is 2.85. The van der Waals surface area contributed by atoms with E-state index in [1.165, 1.54) is 4.52 Å². The molecule has 92 valence electrons. The van der Waals surface area contributed by atoms with Crippen molar-refractivity contribution in [1.29, 1.82) is 0 Å². The summed E-state index contributed by atoms with van der Waals surface area (Å²) in [6.45, 7) is 6.44. The molecule has 2 rings (SSSR count). The van der Waals surface area contributed by atoms with Gasteiger partial charge in [0, 0.05) is 6.04 Å². The van der Waals surface area contributed by atoms with Gasteiger partial charge in [-0.1, -0.05) is 20.8 Å². The largest absolute Gasteiger partial charge is 0.366 e. The van der Waals surface area contributed by atoms with Crippen molar-refractivity contribution in [2.45, 2.75) is 33.2 Å². The van der Waals surface area contributed by atoms with Crippen LogP contribution < -0.4 is 11.0 Å². The lowest BCUT2D eigenvalue weighted by molar-refractivity contribution is 0.509. The summed E-state index contributed by atoms with van der Waals surface area (Å²) in [4.78, 5) is 11.4. The van der Waals surface area contributed by atoms with Crippen molar-refractivity contribution < 1.29 is 0 Å². The second-order valence-corrected chi connectivity index (χ2v) is 4.42. The zero-order valence-electron chi connectivity index (χ0n) is 10.3. The molecule has 0 radical (unpaired) electrons. The number of nitrogens with zero attached hydrogens (tertiary/aromatic N) is 3. The fraction of sp³-hybridized carbons (Fsp3) is 0.545. The van der Waals surface area contributed by atoms with Gasteiger partial charge < -0.3 is 5.32 Å². The lowest BCUT2D eigenvalue weighted by Crippen LogP contribution is -2.26.